The molecule has 0 saturated heterocycles. The number of rotatable bonds is 5. The third kappa shape index (κ3) is 4.53. The summed E-state index contributed by atoms with van der Waals surface area (Å²) in [6, 6.07) is 4.17. The van der Waals surface area contributed by atoms with Crippen molar-refractivity contribution >= 4 is 5.71 Å². The minimum Gasteiger partial charge on any atom is -0.474 e. The van der Waals surface area contributed by atoms with Crippen molar-refractivity contribution in [2.24, 2.45) is 4.99 Å². The molecule has 1 fully saturated rings. The molecule has 2 aliphatic heterocycles. The average molecular weight is 406 g/mol. The van der Waals surface area contributed by atoms with E-state index < -0.39 is 0 Å². The van der Waals surface area contributed by atoms with Crippen LogP contribution in [0, 0.1) is 0 Å². The van der Waals surface area contributed by atoms with Gasteiger partial charge in [-0.2, -0.15) is 0 Å². The summed E-state index contributed by atoms with van der Waals surface area (Å²) in [4.78, 5) is 21.2. The normalized spacial score (nSPS) is 20.5. The Morgan fingerprint density at radius 2 is 1.97 bits per heavy atom. The monoisotopic (exact) mass is 405 g/mol. The van der Waals surface area contributed by atoms with Crippen molar-refractivity contribution in [3.05, 3.63) is 47.2 Å². The summed E-state index contributed by atoms with van der Waals surface area (Å²) in [6.45, 7) is 3.64. The molecule has 158 valence electrons. The number of nitrogens with zero attached hydrogens (tertiary/aromatic N) is 5. The van der Waals surface area contributed by atoms with Gasteiger partial charge < -0.3 is 4.74 Å². The Labute approximate surface area is 178 Å². The molecule has 2 aromatic rings. The van der Waals surface area contributed by atoms with Gasteiger partial charge in [0.15, 0.2) is 5.82 Å². The largest absolute Gasteiger partial charge is 0.474 e. The first kappa shape index (κ1) is 19.6. The molecule has 0 spiro atoms. The zero-order valence-electron chi connectivity index (χ0n) is 17.7. The lowest BCUT2D eigenvalue weighted by atomic mass is 9.98. The fraction of sp³-hybridized carbons (Fsp3) is 0.583. The van der Waals surface area contributed by atoms with Crippen molar-refractivity contribution in [2.45, 2.75) is 77.0 Å². The van der Waals surface area contributed by atoms with Gasteiger partial charge in [0.25, 0.3) is 0 Å². The first-order valence-corrected chi connectivity index (χ1v) is 11.6. The highest BCUT2D eigenvalue weighted by Crippen LogP contribution is 2.26. The predicted octanol–water partition coefficient (Wildman–Crippen LogP) is 4.11. The minimum atomic E-state index is 0.323. The van der Waals surface area contributed by atoms with E-state index in [1.54, 1.807) is 0 Å². The Hall–Kier alpha value is -2.34. The molecule has 4 heterocycles. The van der Waals surface area contributed by atoms with Crippen molar-refractivity contribution in [2.75, 3.05) is 13.1 Å². The van der Waals surface area contributed by atoms with Crippen LogP contribution in [0.4, 0.5) is 0 Å². The Kier molecular flexibility index (Phi) is 6.02. The quantitative estimate of drug-likeness (QED) is 0.749. The number of hydrogen-bond donors (Lipinski definition) is 0. The fourth-order valence-electron chi connectivity index (χ4n) is 4.76. The smallest absolute Gasteiger partial charge is 0.218 e. The summed E-state index contributed by atoms with van der Waals surface area (Å²) in [5.74, 6) is 1.66. The van der Waals surface area contributed by atoms with E-state index in [0.29, 0.717) is 6.10 Å². The van der Waals surface area contributed by atoms with Crippen molar-refractivity contribution in [1.82, 2.24) is 19.9 Å². The summed E-state index contributed by atoms with van der Waals surface area (Å²) >= 11 is 0. The number of ether oxygens (including phenoxy) is 1. The van der Waals surface area contributed by atoms with Crippen molar-refractivity contribution in [1.29, 1.82) is 0 Å². The summed E-state index contributed by atoms with van der Waals surface area (Å²) in [7, 11) is 0. The van der Waals surface area contributed by atoms with Crippen LogP contribution in [0.15, 0.2) is 29.5 Å². The van der Waals surface area contributed by atoms with Crippen LogP contribution in [0.3, 0.4) is 0 Å². The van der Waals surface area contributed by atoms with E-state index in [4.69, 9.17) is 9.72 Å². The molecule has 5 rings (SSSR count). The first-order chi connectivity index (χ1) is 14.8. The molecule has 3 aliphatic rings. The van der Waals surface area contributed by atoms with Gasteiger partial charge >= 0.3 is 0 Å². The van der Waals surface area contributed by atoms with Crippen LogP contribution in [0.2, 0.25) is 0 Å². The number of aromatic nitrogens is 3. The van der Waals surface area contributed by atoms with Crippen LogP contribution in [0.5, 0.6) is 5.88 Å². The van der Waals surface area contributed by atoms with Crippen molar-refractivity contribution in [3.8, 4) is 5.88 Å². The summed E-state index contributed by atoms with van der Waals surface area (Å²) < 4.78 is 6.30. The third-order valence-corrected chi connectivity index (χ3v) is 6.47. The molecule has 30 heavy (non-hydrogen) atoms. The van der Waals surface area contributed by atoms with E-state index in [-0.39, 0.29) is 0 Å². The molecule has 0 unspecified atom stereocenters. The second-order valence-corrected chi connectivity index (χ2v) is 8.76. The van der Waals surface area contributed by atoms with E-state index in [1.807, 2.05) is 18.5 Å². The van der Waals surface area contributed by atoms with Gasteiger partial charge in [0.05, 0.1) is 11.4 Å². The molecular formula is C24H31N5O. The van der Waals surface area contributed by atoms with Crippen LogP contribution in [0.1, 0.15) is 74.0 Å². The van der Waals surface area contributed by atoms with E-state index >= 15 is 0 Å². The second kappa shape index (κ2) is 9.21. The van der Waals surface area contributed by atoms with Gasteiger partial charge in [-0.1, -0.05) is 12.5 Å². The van der Waals surface area contributed by atoms with Crippen LogP contribution in [-0.2, 0) is 19.5 Å². The van der Waals surface area contributed by atoms with Gasteiger partial charge in [-0.05, 0) is 51.0 Å². The highest BCUT2D eigenvalue weighted by Gasteiger charge is 2.22. The van der Waals surface area contributed by atoms with Crippen molar-refractivity contribution in [3.63, 3.8) is 0 Å². The molecule has 0 radical (unpaired) electrons. The number of pyridine rings is 1. The molecule has 0 amide bonds. The molecular weight excluding hydrogens is 374 g/mol. The van der Waals surface area contributed by atoms with Crippen molar-refractivity contribution < 1.29 is 4.74 Å². The van der Waals surface area contributed by atoms with Gasteiger partial charge in [0.2, 0.25) is 5.88 Å². The lowest BCUT2D eigenvalue weighted by Crippen LogP contribution is -2.32. The van der Waals surface area contributed by atoms with E-state index in [0.717, 1.165) is 69.3 Å². The van der Waals surface area contributed by atoms with E-state index in [9.17, 15) is 0 Å². The SMILES string of the molecule is c1cnc(OC2CCCCC2)c(CN2CCc3nc(C4=NCCCC4)ncc3C2)c1. The summed E-state index contributed by atoms with van der Waals surface area (Å²) in [5.41, 5.74) is 4.70. The van der Waals surface area contributed by atoms with Crippen LogP contribution < -0.4 is 4.74 Å². The Bertz CT molecular complexity index is 906. The second-order valence-electron chi connectivity index (χ2n) is 8.76. The topological polar surface area (TPSA) is 63.5 Å². The van der Waals surface area contributed by atoms with E-state index in [1.165, 1.54) is 48.9 Å². The lowest BCUT2D eigenvalue weighted by Gasteiger charge is -2.29. The highest BCUT2D eigenvalue weighted by molar-refractivity contribution is 5.97. The zero-order chi connectivity index (χ0) is 20.2. The van der Waals surface area contributed by atoms with Gasteiger partial charge in [0.1, 0.15) is 6.10 Å². The Morgan fingerprint density at radius 3 is 2.83 bits per heavy atom. The Balaban J connectivity index is 1.26. The van der Waals surface area contributed by atoms with Crippen LogP contribution in [-0.4, -0.2) is 44.8 Å². The molecule has 0 bridgehead atoms. The standard InChI is InChI=1S/C24H31N5O/c1-2-8-20(9-3-1)30-24-18(7-6-13-26-24)16-29-14-11-21-19(17-29)15-27-23(28-21)22-10-4-5-12-25-22/h6-7,13,15,20H,1-5,8-12,14,16-17H2. The van der Waals surface area contributed by atoms with Gasteiger partial charge in [0, 0.05) is 56.1 Å². The molecule has 6 heteroatoms. The zero-order valence-corrected chi connectivity index (χ0v) is 17.7. The van der Waals surface area contributed by atoms with Crippen LogP contribution >= 0.6 is 0 Å². The highest BCUT2D eigenvalue weighted by atomic mass is 16.5. The maximum atomic E-state index is 6.30. The number of hydrogen-bond acceptors (Lipinski definition) is 6. The maximum Gasteiger partial charge on any atom is 0.218 e. The molecule has 0 aromatic carbocycles. The lowest BCUT2D eigenvalue weighted by molar-refractivity contribution is 0.143. The van der Waals surface area contributed by atoms with Gasteiger partial charge in [-0.25, -0.2) is 15.0 Å². The average Bonchev–Trinajstić information content (AvgIpc) is 2.81. The summed E-state index contributed by atoms with van der Waals surface area (Å²) in [5, 5.41) is 0. The predicted molar refractivity (Wildman–Crippen MR) is 117 cm³/mol. The molecule has 1 saturated carbocycles. The maximum absolute atomic E-state index is 6.30. The molecule has 6 nitrogen and oxygen atoms in total. The minimum absolute atomic E-state index is 0.323. The fourth-order valence-corrected chi connectivity index (χ4v) is 4.76. The third-order valence-electron chi connectivity index (χ3n) is 6.47. The summed E-state index contributed by atoms with van der Waals surface area (Å²) in [6.07, 6.45) is 14.7. The molecule has 2 aromatic heterocycles. The molecule has 0 N–H and O–H groups in total. The molecule has 1 aliphatic carbocycles. The van der Waals surface area contributed by atoms with Crippen LogP contribution in [0.25, 0.3) is 0 Å². The van der Waals surface area contributed by atoms with E-state index in [2.05, 4.69) is 25.9 Å². The Morgan fingerprint density at radius 1 is 1.03 bits per heavy atom. The van der Waals surface area contributed by atoms with Gasteiger partial charge in [-0.15, -0.1) is 0 Å². The number of aliphatic imine (C=N–C) groups is 1. The van der Waals surface area contributed by atoms with Gasteiger partial charge in [-0.3, -0.25) is 9.89 Å². The first-order valence-electron chi connectivity index (χ1n) is 11.6. The number of fused-ring (bicyclic) bond motifs is 1. The molecule has 0 atom stereocenters.